The number of carboxylic acid groups (broad SMARTS) is 1. The molecule has 0 aliphatic heterocycles. The number of benzene rings is 1. The fourth-order valence-electron chi connectivity index (χ4n) is 4.83. The van der Waals surface area contributed by atoms with Crippen LogP contribution in [0.2, 0.25) is 0 Å². The predicted octanol–water partition coefficient (Wildman–Crippen LogP) is 5.17. The first-order chi connectivity index (χ1) is 17.8. The second-order valence-electron chi connectivity index (χ2n) is 9.96. The molecule has 0 unspecified atom stereocenters. The largest absolute Gasteiger partial charge is 0.493 e. The summed E-state index contributed by atoms with van der Waals surface area (Å²) >= 11 is 0. The Morgan fingerprint density at radius 3 is 2.65 bits per heavy atom. The first-order valence-electron chi connectivity index (χ1n) is 13.0. The highest BCUT2D eigenvalue weighted by atomic mass is 16.5. The van der Waals surface area contributed by atoms with Crippen LogP contribution in [0.15, 0.2) is 47.0 Å². The number of nitrogens with one attached hydrogen (secondary N) is 1. The van der Waals surface area contributed by atoms with E-state index >= 15 is 0 Å². The Labute approximate surface area is 217 Å². The fraction of sp³-hybridized carbons (Fsp3) is 0.448. The summed E-state index contributed by atoms with van der Waals surface area (Å²) in [6.07, 6.45) is 8.48. The zero-order chi connectivity index (χ0) is 26.3. The van der Waals surface area contributed by atoms with Crippen molar-refractivity contribution in [3.63, 3.8) is 0 Å². The number of carboxylic acids is 1. The average molecular weight is 506 g/mol. The van der Waals surface area contributed by atoms with Gasteiger partial charge >= 0.3 is 5.97 Å². The molecule has 0 saturated heterocycles. The van der Waals surface area contributed by atoms with E-state index in [0.717, 1.165) is 41.3 Å². The first-order valence-corrected chi connectivity index (χ1v) is 13.0. The molecule has 1 fully saturated rings. The maximum absolute atomic E-state index is 12.5. The summed E-state index contributed by atoms with van der Waals surface area (Å²) in [5, 5.41) is 12.0. The van der Waals surface area contributed by atoms with Crippen molar-refractivity contribution in [1.29, 1.82) is 0 Å². The zero-order valence-corrected chi connectivity index (χ0v) is 21.6. The molecule has 1 aromatic carbocycles. The number of amides is 1. The van der Waals surface area contributed by atoms with E-state index in [9.17, 15) is 9.59 Å². The molecular formula is C29H35N3O5. The van der Waals surface area contributed by atoms with Crippen molar-refractivity contribution in [3.05, 3.63) is 76.8 Å². The monoisotopic (exact) mass is 505 g/mol. The molecule has 4 rings (SSSR count). The van der Waals surface area contributed by atoms with Crippen LogP contribution in [0.1, 0.15) is 84.4 Å². The number of ether oxygens (including phenoxy) is 1. The van der Waals surface area contributed by atoms with E-state index in [2.05, 4.69) is 17.2 Å². The number of hydrogen-bond acceptors (Lipinski definition) is 6. The van der Waals surface area contributed by atoms with Crippen LogP contribution in [0.25, 0.3) is 0 Å². The van der Waals surface area contributed by atoms with E-state index in [1.807, 2.05) is 25.1 Å². The van der Waals surface area contributed by atoms with Crippen molar-refractivity contribution in [1.82, 2.24) is 15.3 Å². The lowest BCUT2D eigenvalue weighted by Gasteiger charge is -2.30. The molecule has 1 saturated carbocycles. The number of aryl methyl sites for hydroxylation is 2. The van der Waals surface area contributed by atoms with Gasteiger partial charge < -0.3 is 19.6 Å². The van der Waals surface area contributed by atoms with Crippen LogP contribution in [0.4, 0.5) is 0 Å². The van der Waals surface area contributed by atoms with Gasteiger partial charge in [0.05, 0.1) is 12.3 Å². The van der Waals surface area contributed by atoms with Crippen LogP contribution in [-0.2, 0) is 29.6 Å². The van der Waals surface area contributed by atoms with Crippen LogP contribution < -0.4 is 10.1 Å². The fourth-order valence-corrected chi connectivity index (χ4v) is 4.83. The van der Waals surface area contributed by atoms with Gasteiger partial charge in [0.1, 0.15) is 17.2 Å². The number of oxazole rings is 1. The van der Waals surface area contributed by atoms with Gasteiger partial charge in [-0.1, -0.05) is 38.3 Å². The number of pyridine rings is 1. The number of nitrogens with zero attached hydrogens (tertiary/aromatic N) is 2. The van der Waals surface area contributed by atoms with Crippen molar-refractivity contribution < 1.29 is 23.8 Å². The van der Waals surface area contributed by atoms with Crippen molar-refractivity contribution in [3.8, 4) is 5.75 Å². The molecule has 8 nitrogen and oxygen atoms in total. The summed E-state index contributed by atoms with van der Waals surface area (Å²) < 4.78 is 12.1. The Hall–Kier alpha value is -3.68. The number of aliphatic carboxylic acids is 1. The molecule has 0 bridgehead atoms. The number of hydrogen-bond donors (Lipinski definition) is 2. The van der Waals surface area contributed by atoms with Gasteiger partial charge in [-0.3, -0.25) is 14.6 Å². The zero-order valence-electron chi connectivity index (χ0n) is 21.6. The molecule has 3 aromatic rings. The number of aromatic nitrogens is 2. The van der Waals surface area contributed by atoms with E-state index in [1.165, 1.54) is 19.3 Å². The minimum Gasteiger partial charge on any atom is -0.493 e. The first kappa shape index (κ1) is 26.4. The van der Waals surface area contributed by atoms with E-state index in [4.69, 9.17) is 19.2 Å². The molecule has 0 spiro atoms. The lowest BCUT2D eigenvalue weighted by molar-refractivity contribution is -0.136. The molecule has 1 amide bonds. The summed E-state index contributed by atoms with van der Waals surface area (Å²) in [5.74, 6) is 1.18. The standard InChI is InChI=1S/C29H35N3O5/c1-20-24(32-28(37-20)29(2)14-5-3-6-15-29)13-17-36-23-11-9-21(10-12-26(33)34)22(18-23)19-31-27(35)25-8-4-7-16-30-25/h4,7-9,11,16,18H,3,5-6,10,12-15,17,19H2,1-2H3,(H,31,35)(H,33,34). The third kappa shape index (κ3) is 6.96. The van der Waals surface area contributed by atoms with Crippen molar-refractivity contribution in [2.75, 3.05) is 6.61 Å². The van der Waals surface area contributed by atoms with Crippen LogP contribution in [-0.4, -0.2) is 33.6 Å². The van der Waals surface area contributed by atoms with Gasteiger partial charge in [-0.2, -0.15) is 0 Å². The average Bonchev–Trinajstić information content (AvgIpc) is 3.28. The van der Waals surface area contributed by atoms with Crippen molar-refractivity contribution >= 4 is 11.9 Å². The summed E-state index contributed by atoms with van der Waals surface area (Å²) in [6, 6.07) is 10.7. The smallest absolute Gasteiger partial charge is 0.303 e. The molecule has 1 aliphatic carbocycles. The highest BCUT2D eigenvalue weighted by Crippen LogP contribution is 2.39. The Kier molecular flexibility index (Phi) is 8.58. The van der Waals surface area contributed by atoms with Gasteiger partial charge in [-0.05, 0) is 61.6 Å². The normalized spacial score (nSPS) is 14.8. The van der Waals surface area contributed by atoms with Crippen LogP contribution in [0, 0.1) is 6.92 Å². The molecule has 2 heterocycles. The molecular weight excluding hydrogens is 470 g/mol. The van der Waals surface area contributed by atoms with E-state index < -0.39 is 5.97 Å². The van der Waals surface area contributed by atoms with Crippen LogP contribution in [0.5, 0.6) is 5.75 Å². The summed E-state index contributed by atoms with van der Waals surface area (Å²) in [6.45, 7) is 4.87. The van der Waals surface area contributed by atoms with Crippen LogP contribution in [0.3, 0.4) is 0 Å². The van der Waals surface area contributed by atoms with E-state index in [1.54, 1.807) is 24.4 Å². The predicted molar refractivity (Wildman–Crippen MR) is 139 cm³/mol. The lowest BCUT2D eigenvalue weighted by Crippen LogP contribution is -2.25. The molecule has 2 N–H and O–H groups in total. The highest BCUT2D eigenvalue weighted by molar-refractivity contribution is 5.92. The second kappa shape index (κ2) is 12.0. The van der Waals surface area contributed by atoms with E-state index in [-0.39, 0.29) is 24.3 Å². The summed E-state index contributed by atoms with van der Waals surface area (Å²) in [4.78, 5) is 32.5. The Bertz CT molecular complexity index is 1220. The minimum absolute atomic E-state index is 0.00802. The van der Waals surface area contributed by atoms with E-state index in [0.29, 0.717) is 30.9 Å². The van der Waals surface area contributed by atoms with Crippen molar-refractivity contribution in [2.45, 2.75) is 77.2 Å². The number of carbonyl (C=O) groups is 2. The van der Waals surface area contributed by atoms with Gasteiger partial charge in [0.15, 0.2) is 0 Å². The molecule has 37 heavy (non-hydrogen) atoms. The topological polar surface area (TPSA) is 115 Å². The van der Waals surface area contributed by atoms with Gasteiger partial charge in [0, 0.05) is 31.0 Å². The Morgan fingerprint density at radius 2 is 1.92 bits per heavy atom. The van der Waals surface area contributed by atoms with Gasteiger partial charge in [-0.25, -0.2) is 4.98 Å². The van der Waals surface area contributed by atoms with Crippen molar-refractivity contribution in [2.24, 2.45) is 0 Å². The maximum Gasteiger partial charge on any atom is 0.303 e. The molecule has 2 aromatic heterocycles. The molecule has 8 heteroatoms. The molecule has 0 radical (unpaired) electrons. The van der Waals surface area contributed by atoms with Gasteiger partial charge in [-0.15, -0.1) is 0 Å². The lowest BCUT2D eigenvalue weighted by atomic mass is 9.76. The Morgan fingerprint density at radius 1 is 1.11 bits per heavy atom. The number of carbonyl (C=O) groups excluding carboxylic acids is 1. The quantitative estimate of drug-likeness (QED) is 0.369. The highest BCUT2D eigenvalue weighted by Gasteiger charge is 2.34. The second-order valence-corrected chi connectivity index (χ2v) is 9.96. The third-order valence-electron chi connectivity index (χ3n) is 7.10. The third-order valence-corrected chi connectivity index (χ3v) is 7.10. The SMILES string of the molecule is Cc1oc(C2(C)CCCCC2)nc1CCOc1ccc(CCC(=O)O)c(CNC(=O)c2ccccn2)c1. The van der Waals surface area contributed by atoms with Gasteiger partial charge in [0.2, 0.25) is 5.89 Å². The maximum atomic E-state index is 12.5. The number of rotatable bonds is 11. The molecule has 1 aliphatic rings. The molecule has 196 valence electrons. The van der Waals surface area contributed by atoms with Crippen LogP contribution >= 0.6 is 0 Å². The summed E-state index contributed by atoms with van der Waals surface area (Å²) in [5.41, 5.74) is 2.93. The minimum atomic E-state index is -0.867. The van der Waals surface area contributed by atoms with Gasteiger partial charge in [0.25, 0.3) is 5.91 Å². The Balaban J connectivity index is 1.40. The summed E-state index contributed by atoms with van der Waals surface area (Å²) in [7, 11) is 0. The molecule has 0 atom stereocenters.